The summed E-state index contributed by atoms with van der Waals surface area (Å²) in [6.07, 6.45) is 37.3. The number of unbranched alkanes of at least 4 members (excludes halogenated alkanes) is 21. The molecule has 0 fully saturated rings. The third kappa shape index (κ3) is 19.8. The predicted molar refractivity (Wildman–Crippen MR) is 168 cm³/mol. The van der Waals surface area contributed by atoms with Gasteiger partial charge in [0.15, 0.2) is 0 Å². The van der Waals surface area contributed by atoms with Crippen LogP contribution in [0.15, 0.2) is 6.07 Å². The van der Waals surface area contributed by atoms with Crippen LogP contribution in [0, 0.1) is 12.8 Å². The van der Waals surface area contributed by atoms with Gasteiger partial charge in [0.05, 0.1) is 0 Å². The van der Waals surface area contributed by atoms with Gasteiger partial charge in [-0.3, -0.25) is 0 Å². The molecule has 212 valence electrons. The Morgan fingerprint density at radius 2 is 0.944 bits per heavy atom. The highest BCUT2D eigenvalue weighted by molar-refractivity contribution is 7.12. The fourth-order valence-corrected chi connectivity index (χ4v) is 7.05. The van der Waals surface area contributed by atoms with E-state index in [2.05, 4.69) is 45.1 Å². The van der Waals surface area contributed by atoms with E-state index >= 15 is 0 Å². The van der Waals surface area contributed by atoms with E-state index in [9.17, 15) is 0 Å². The van der Waals surface area contributed by atoms with E-state index in [1.54, 1.807) is 15.3 Å². The Morgan fingerprint density at radius 1 is 0.556 bits per heavy atom. The zero-order valence-electron chi connectivity index (χ0n) is 25.4. The molecule has 0 aromatic carbocycles. The third-order valence-electron chi connectivity index (χ3n) is 8.18. The van der Waals surface area contributed by atoms with Crippen LogP contribution in [0.2, 0.25) is 0 Å². The lowest BCUT2D eigenvalue weighted by Crippen LogP contribution is -1.98. The molecule has 0 N–H and O–H groups in total. The predicted octanol–water partition coefficient (Wildman–Crippen LogP) is 13.2. The van der Waals surface area contributed by atoms with Crippen molar-refractivity contribution in [2.24, 2.45) is 5.92 Å². The summed E-state index contributed by atoms with van der Waals surface area (Å²) < 4.78 is 0. The van der Waals surface area contributed by atoms with Gasteiger partial charge >= 0.3 is 0 Å². The van der Waals surface area contributed by atoms with E-state index in [1.807, 2.05) is 0 Å². The van der Waals surface area contributed by atoms with Crippen molar-refractivity contribution in [2.45, 2.75) is 195 Å². The summed E-state index contributed by atoms with van der Waals surface area (Å²) in [6, 6.07) is 2.51. The summed E-state index contributed by atoms with van der Waals surface area (Å²) in [4.78, 5) is 3.33. The van der Waals surface area contributed by atoms with Crippen LogP contribution >= 0.6 is 11.3 Å². The van der Waals surface area contributed by atoms with Gasteiger partial charge in [-0.15, -0.1) is 11.3 Å². The van der Waals surface area contributed by atoms with Crippen LogP contribution in [0.3, 0.4) is 0 Å². The quantitative estimate of drug-likeness (QED) is 0.102. The Balaban J connectivity index is 1.98. The van der Waals surface area contributed by atoms with Gasteiger partial charge in [0, 0.05) is 9.75 Å². The smallest absolute Gasteiger partial charge is 0.00773 e. The minimum Gasteiger partial charge on any atom is -0.145 e. The standard InChI is InChI=1S/C35H66S/c1-5-7-9-11-13-15-17-19-20-22-24-26-28-32(3)30-34-31-33(4)35(36-34)29-27-25-23-21-18-16-14-12-10-8-6-2/h31-32H,5-30H2,1-4H3. The molecule has 0 nitrogen and oxygen atoms in total. The maximum atomic E-state index is 2.51. The van der Waals surface area contributed by atoms with Crippen molar-refractivity contribution in [1.29, 1.82) is 0 Å². The largest absolute Gasteiger partial charge is 0.145 e. The molecule has 0 saturated carbocycles. The van der Waals surface area contributed by atoms with Gasteiger partial charge in [0.2, 0.25) is 0 Å². The lowest BCUT2D eigenvalue weighted by Gasteiger charge is -2.10. The Hall–Kier alpha value is -0.300. The first-order valence-corrected chi connectivity index (χ1v) is 17.6. The first-order chi connectivity index (χ1) is 17.7. The van der Waals surface area contributed by atoms with Crippen molar-refractivity contribution >= 4 is 11.3 Å². The zero-order valence-corrected chi connectivity index (χ0v) is 26.3. The van der Waals surface area contributed by atoms with Gasteiger partial charge in [-0.25, -0.2) is 0 Å². The lowest BCUT2D eigenvalue weighted by molar-refractivity contribution is 0.479. The summed E-state index contributed by atoms with van der Waals surface area (Å²) >= 11 is 2.13. The highest BCUT2D eigenvalue weighted by Gasteiger charge is 2.10. The summed E-state index contributed by atoms with van der Waals surface area (Å²) in [7, 11) is 0. The second-order valence-electron chi connectivity index (χ2n) is 12.1. The van der Waals surface area contributed by atoms with Gasteiger partial charge in [-0.05, 0) is 43.7 Å². The fourth-order valence-electron chi connectivity index (χ4n) is 5.67. The molecule has 0 aliphatic rings. The van der Waals surface area contributed by atoms with E-state index in [0.29, 0.717) is 0 Å². The number of thiophene rings is 1. The molecule has 36 heavy (non-hydrogen) atoms. The topological polar surface area (TPSA) is 0 Å². The summed E-state index contributed by atoms with van der Waals surface area (Å²) in [5, 5.41) is 0. The van der Waals surface area contributed by atoms with Crippen LogP contribution in [0.1, 0.15) is 190 Å². The molecule has 1 rings (SSSR count). The normalized spacial score (nSPS) is 12.4. The van der Waals surface area contributed by atoms with Crippen LogP contribution < -0.4 is 0 Å². The maximum Gasteiger partial charge on any atom is 0.00773 e. The van der Waals surface area contributed by atoms with Crippen LogP contribution in [0.4, 0.5) is 0 Å². The van der Waals surface area contributed by atoms with Crippen molar-refractivity contribution in [1.82, 2.24) is 0 Å². The Morgan fingerprint density at radius 3 is 1.39 bits per heavy atom. The second-order valence-corrected chi connectivity index (χ2v) is 13.3. The minimum atomic E-state index is 0.848. The van der Waals surface area contributed by atoms with Gasteiger partial charge in [0.1, 0.15) is 0 Å². The minimum absolute atomic E-state index is 0.848. The molecule has 1 heterocycles. The SMILES string of the molecule is CCCCCCCCCCCCCCC(C)Cc1cc(C)c(CCCCCCCCCCCCC)s1. The zero-order chi connectivity index (χ0) is 26.1. The number of hydrogen-bond acceptors (Lipinski definition) is 1. The summed E-state index contributed by atoms with van der Waals surface area (Å²) in [5.41, 5.74) is 1.57. The van der Waals surface area contributed by atoms with Gasteiger partial charge in [-0.2, -0.15) is 0 Å². The summed E-state index contributed by atoms with van der Waals surface area (Å²) in [5.74, 6) is 0.848. The highest BCUT2D eigenvalue weighted by Crippen LogP contribution is 2.27. The van der Waals surface area contributed by atoms with E-state index in [-0.39, 0.29) is 0 Å². The lowest BCUT2D eigenvalue weighted by atomic mass is 9.98. The van der Waals surface area contributed by atoms with E-state index < -0.39 is 0 Å². The monoisotopic (exact) mass is 518 g/mol. The van der Waals surface area contributed by atoms with Crippen LogP contribution in [0.5, 0.6) is 0 Å². The molecule has 0 radical (unpaired) electrons. The van der Waals surface area contributed by atoms with E-state index in [4.69, 9.17) is 0 Å². The summed E-state index contributed by atoms with van der Waals surface area (Å²) in [6.45, 7) is 9.45. The number of rotatable bonds is 27. The first-order valence-electron chi connectivity index (χ1n) is 16.8. The average Bonchev–Trinajstić information content (AvgIpc) is 3.21. The second kappa shape index (κ2) is 25.0. The van der Waals surface area contributed by atoms with Gasteiger partial charge < -0.3 is 0 Å². The van der Waals surface area contributed by atoms with E-state index in [1.165, 1.54) is 167 Å². The Kier molecular flexibility index (Phi) is 23.4. The fraction of sp³-hybridized carbons (Fsp3) is 0.886. The van der Waals surface area contributed by atoms with Crippen molar-refractivity contribution in [2.75, 3.05) is 0 Å². The molecular formula is C35H66S. The number of hydrogen-bond donors (Lipinski definition) is 0. The van der Waals surface area contributed by atoms with E-state index in [0.717, 1.165) is 5.92 Å². The highest BCUT2D eigenvalue weighted by atomic mass is 32.1. The molecule has 1 aromatic rings. The third-order valence-corrected chi connectivity index (χ3v) is 9.50. The van der Waals surface area contributed by atoms with Gasteiger partial charge in [0.25, 0.3) is 0 Å². The van der Waals surface area contributed by atoms with Crippen LogP contribution in [-0.4, -0.2) is 0 Å². The van der Waals surface area contributed by atoms with Crippen LogP contribution in [0.25, 0.3) is 0 Å². The maximum absolute atomic E-state index is 2.51. The molecule has 0 bridgehead atoms. The molecule has 1 atom stereocenters. The van der Waals surface area contributed by atoms with Crippen LogP contribution in [-0.2, 0) is 12.8 Å². The first kappa shape index (κ1) is 33.7. The van der Waals surface area contributed by atoms with Gasteiger partial charge in [-0.1, -0.05) is 168 Å². The van der Waals surface area contributed by atoms with Crippen molar-refractivity contribution in [3.05, 3.63) is 21.4 Å². The molecule has 0 amide bonds. The molecule has 0 saturated heterocycles. The molecule has 0 aliphatic carbocycles. The van der Waals surface area contributed by atoms with Crippen molar-refractivity contribution in [3.8, 4) is 0 Å². The molecular weight excluding hydrogens is 452 g/mol. The molecule has 0 aliphatic heterocycles. The van der Waals surface area contributed by atoms with Crippen molar-refractivity contribution in [3.63, 3.8) is 0 Å². The molecule has 1 aromatic heterocycles. The Bertz CT molecular complexity index is 571. The number of aryl methyl sites for hydroxylation is 2. The Labute approximate surface area is 232 Å². The molecule has 1 heteroatoms. The average molecular weight is 519 g/mol. The van der Waals surface area contributed by atoms with Crippen molar-refractivity contribution < 1.29 is 0 Å². The molecule has 1 unspecified atom stereocenters. The molecule has 0 spiro atoms.